The molecular formula is C17H12ClFN6. The van der Waals surface area contributed by atoms with Gasteiger partial charge in [-0.15, -0.1) is 10.2 Å². The Morgan fingerprint density at radius 3 is 2.72 bits per heavy atom. The minimum Gasteiger partial charge on any atom is -0.369 e. The lowest BCUT2D eigenvalue weighted by Gasteiger charge is -2.13. The van der Waals surface area contributed by atoms with E-state index in [0.29, 0.717) is 33.2 Å². The van der Waals surface area contributed by atoms with E-state index in [2.05, 4.69) is 20.2 Å². The molecule has 0 saturated carbocycles. The van der Waals surface area contributed by atoms with Gasteiger partial charge in [-0.05, 0) is 36.8 Å². The molecule has 4 aromatic rings. The van der Waals surface area contributed by atoms with Crippen LogP contribution in [0, 0.1) is 12.7 Å². The SMILES string of the molecule is Cc1cc(-c2c(-c3ccccc3F)nc(N)n3cnnc23)cc(Cl)n1. The molecule has 0 aliphatic heterocycles. The lowest BCUT2D eigenvalue weighted by Crippen LogP contribution is -2.05. The number of hydrogen-bond donors (Lipinski definition) is 1. The molecule has 25 heavy (non-hydrogen) atoms. The summed E-state index contributed by atoms with van der Waals surface area (Å²) in [4.78, 5) is 8.57. The highest BCUT2D eigenvalue weighted by atomic mass is 35.5. The number of benzene rings is 1. The van der Waals surface area contributed by atoms with E-state index >= 15 is 0 Å². The number of nitrogen functional groups attached to an aromatic ring is 1. The second kappa shape index (κ2) is 5.78. The lowest BCUT2D eigenvalue weighted by molar-refractivity contribution is 0.631. The first kappa shape index (κ1) is 15.5. The molecule has 0 aliphatic rings. The van der Waals surface area contributed by atoms with Crippen molar-refractivity contribution in [3.05, 3.63) is 59.4 Å². The molecule has 0 radical (unpaired) electrons. The number of nitrogens with two attached hydrogens (primary N) is 1. The molecule has 8 heteroatoms. The van der Waals surface area contributed by atoms with Gasteiger partial charge < -0.3 is 5.73 Å². The average Bonchev–Trinajstić information content (AvgIpc) is 3.04. The van der Waals surface area contributed by atoms with E-state index in [-0.39, 0.29) is 5.95 Å². The normalized spacial score (nSPS) is 11.2. The molecule has 1 aromatic carbocycles. The van der Waals surface area contributed by atoms with Crippen LogP contribution in [0.4, 0.5) is 10.3 Å². The standard InChI is InChI=1S/C17H12ClFN6/c1-9-6-10(7-13(18)22-9)14-15(11-4-2-3-5-12(11)19)23-17(20)25-8-21-24-16(14)25/h2-8H,1H3,(H2,20,23). The second-order valence-corrected chi connectivity index (χ2v) is 5.91. The molecule has 3 aromatic heterocycles. The van der Waals surface area contributed by atoms with E-state index in [4.69, 9.17) is 17.3 Å². The van der Waals surface area contributed by atoms with Crippen molar-refractivity contribution < 1.29 is 4.39 Å². The summed E-state index contributed by atoms with van der Waals surface area (Å²) in [6.45, 7) is 1.82. The van der Waals surface area contributed by atoms with E-state index in [1.165, 1.54) is 12.4 Å². The van der Waals surface area contributed by atoms with Crippen LogP contribution in [0.5, 0.6) is 0 Å². The number of nitrogens with zero attached hydrogens (tertiary/aromatic N) is 5. The van der Waals surface area contributed by atoms with Crippen molar-refractivity contribution in [2.45, 2.75) is 6.92 Å². The molecule has 0 aliphatic carbocycles. The van der Waals surface area contributed by atoms with Crippen molar-refractivity contribution in [2.24, 2.45) is 0 Å². The highest BCUT2D eigenvalue weighted by molar-refractivity contribution is 6.29. The van der Waals surface area contributed by atoms with Crippen LogP contribution in [-0.4, -0.2) is 24.6 Å². The zero-order valence-electron chi connectivity index (χ0n) is 13.1. The van der Waals surface area contributed by atoms with Gasteiger partial charge in [0, 0.05) is 11.3 Å². The summed E-state index contributed by atoms with van der Waals surface area (Å²) in [7, 11) is 0. The minimum absolute atomic E-state index is 0.166. The van der Waals surface area contributed by atoms with Gasteiger partial charge in [-0.25, -0.2) is 14.4 Å². The summed E-state index contributed by atoms with van der Waals surface area (Å²) in [5.41, 5.74) is 9.18. The summed E-state index contributed by atoms with van der Waals surface area (Å²) in [5, 5.41) is 8.36. The van der Waals surface area contributed by atoms with Crippen molar-refractivity contribution in [1.82, 2.24) is 24.6 Å². The summed E-state index contributed by atoms with van der Waals surface area (Å²) in [5.74, 6) is -0.240. The Morgan fingerprint density at radius 2 is 1.96 bits per heavy atom. The van der Waals surface area contributed by atoms with Crippen molar-refractivity contribution >= 4 is 23.2 Å². The van der Waals surface area contributed by atoms with E-state index < -0.39 is 5.82 Å². The van der Waals surface area contributed by atoms with Gasteiger partial charge in [0.25, 0.3) is 0 Å². The van der Waals surface area contributed by atoms with Gasteiger partial charge in [-0.1, -0.05) is 23.7 Å². The van der Waals surface area contributed by atoms with Crippen LogP contribution in [0.1, 0.15) is 5.69 Å². The average molecular weight is 355 g/mol. The quantitative estimate of drug-likeness (QED) is 0.557. The molecule has 6 nitrogen and oxygen atoms in total. The Kier molecular flexibility index (Phi) is 3.58. The molecule has 0 atom stereocenters. The molecule has 0 unspecified atom stereocenters. The smallest absolute Gasteiger partial charge is 0.207 e. The maximum Gasteiger partial charge on any atom is 0.207 e. The van der Waals surface area contributed by atoms with Gasteiger partial charge in [-0.3, -0.25) is 4.40 Å². The topological polar surface area (TPSA) is 82.0 Å². The van der Waals surface area contributed by atoms with Crippen LogP contribution >= 0.6 is 11.6 Å². The number of fused-ring (bicyclic) bond motifs is 1. The Labute approximate surface area is 147 Å². The number of anilines is 1. The predicted octanol–water partition coefficient (Wildman–Crippen LogP) is 3.54. The van der Waals surface area contributed by atoms with Gasteiger partial charge >= 0.3 is 0 Å². The highest BCUT2D eigenvalue weighted by Gasteiger charge is 2.20. The Morgan fingerprint density at radius 1 is 1.16 bits per heavy atom. The first-order chi connectivity index (χ1) is 12.0. The Hall–Kier alpha value is -3.06. The maximum atomic E-state index is 14.4. The molecular weight excluding hydrogens is 343 g/mol. The number of pyridine rings is 1. The molecule has 0 bridgehead atoms. The second-order valence-electron chi connectivity index (χ2n) is 5.52. The van der Waals surface area contributed by atoms with Gasteiger partial charge in [0.2, 0.25) is 5.95 Å². The molecule has 3 heterocycles. The van der Waals surface area contributed by atoms with Gasteiger partial charge in [-0.2, -0.15) is 0 Å². The van der Waals surface area contributed by atoms with Gasteiger partial charge in [0.15, 0.2) is 5.65 Å². The third kappa shape index (κ3) is 2.58. The summed E-state index contributed by atoms with van der Waals surface area (Å²) in [6, 6.07) is 9.88. The van der Waals surface area contributed by atoms with Crippen LogP contribution in [0.15, 0.2) is 42.7 Å². The van der Waals surface area contributed by atoms with Crippen LogP contribution in [0.25, 0.3) is 28.0 Å². The maximum absolute atomic E-state index is 14.4. The van der Waals surface area contributed by atoms with Crippen molar-refractivity contribution in [3.63, 3.8) is 0 Å². The predicted molar refractivity (Wildman–Crippen MR) is 93.6 cm³/mol. The zero-order chi connectivity index (χ0) is 17.6. The van der Waals surface area contributed by atoms with E-state index in [0.717, 1.165) is 5.69 Å². The summed E-state index contributed by atoms with van der Waals surface area (Å²) in [6.07, 6.45) is 1.46. The fourth-order valence-corrected chi connectivity index (χ4v) is 3.04. The fourth-order valence-electron chi connectivity index (χ4n) is 2.79. The number of aryl methyl sites for hydroxylation is 1. The van der Waals surface area contributed by atoms with E-state index in [1.807, 2.05) is 13.0 Å². The minimum atomic E-state index is -0.406. The van der Waals surface area contributed by atoms with Crippen LogP contribution < -0.4 is 5.73 Å². The van der Waals surface area contributed by atoms with E-state index in [1.54, 1.807) is 28.7 Å². The largest absolute Gasteiger partial charge is 0.369 e. The number of halogens is 2. The molecule has 0 fully saturated rings. The zero-order valence-corrected chi connectivity index (χ0v) is 13.9. The summed E-state index contributed by atoms with van der Waals surface area (Å²) >= 11 is 6.11. The monoisotopic (exact) mass is 354 g/mol. The van der Waals surface area contributed by atoms with Crippen molar-refractivity contribution in [2.75, 3.05) is 5.73 Å². The van der Waals surface area contributed by atoms with Crippen LogP contribution in [-0.2, 0) is 0 Å². The fraction of sp³-hybridized carbons (Fsp3) is 0.0588. The van der Waals surface area contributed by atoms with Crippen molar-refractivity contribution in [3.8, 4) is 22.4 Å². The Balaban J connectivity index is 2.14. The molecule has 2 N–H and O–H groups in total. The van der Waals surface area contributed by atoms with Crippen LogP contribution in [0.2, 0.25) is 5.15 Å². The molecule has 4 rings (SSSR count). The number of aromatic nitrogens is 5. The van der Waals surface area contributed by atoms with E-state index in [9.17, 15) is 4.39 Å². The third-order valence-corrected chi connectivity index (χ3v) is 4.01. The van der Waals surface area contributed by atoms with Gasteiger partial charge in [0.1, 0.15) is 17.3 Å². The number of hydrogen-bond acceptors (Lipinski definition) is 5. The highest BCUT2D eigenvalue weighted by Crippen LogP contribution is 2.36. The molecule has 0 spiro atoms. The molecule has 0 saturated heterocycles. The molecule has 124 valence electrons. The third-order valence-electron chi connectivity index (χ3n) is 3.82. The molecule has 0 amide bonds. The first-order valence-electron chi connectivity index (χ1n) is 7.43. The first-order valence-corrected chi connectivity index (χ1v) is 7.81. The lowest BCUT2D eigenvalue weighted by atomic mass is 10.00. The summed E-state index contributed by atoms with van der Waals surface area (Å²) < 4.78 is 16.0. The van der Waals surface area contributed by atoms with Gasteiger partial charge in [0.05, 0.1) is 11.3 Å². The van der Waals surface area contributed by atoms with Crippen molar-refractivity contribution in [1.29, 1.82) is 0 Å². The Bertz CT molecular complexity index is 1090. The number of rotatable bonds is 2. The van der Waals surface area contributed by atoms with Crippen LogP contribution in [0.3, 0.4) is 0 Å².